The Morgan fingerprint density at radius 1 is 1.43 bits per heavy atom. The number of hydrogen-bond acceptors (Lipinski definition) is 3. The van der Waals surface area contributed by atoms with Gasteiger partial charge < -0.3 is 14.4 Å². The van der Waals surface area contributed by atoms with Crippen molar-refractivity contribution >= 4 is 21.8 Å². The van der Waals surface area contributed by atoms with Crippen molar-refractivity contribution in [3.05, 3.63) is 30.3 Å². The fourth-order valence-electron chi connectivity index (χ4n) is 2.50. The Labute approximate surface area is 134 Å². The molecule has 1 unspecified atom stereocenters. The summed E-state index contributed by atoms with van der Waals surface area (Å²) in [5.74, 6) is 0.916. The van der Waals surface area contributed by atoms with Gasteiger partial charge in [0.1, 0.15) is 5.75 Å². The van der Waals surface area contributed by atoms with Crippen LogP contribution in [0, 0.1) is 0 Å². The number of hydrogen-bond donors (Lipinski definition) is 0. The number of para-hydroxylation sites is 1. The van der Waals surface area contributed by atoms with E-state index < -0.39 is 0 Å². The van der Waals surface area contributed by atoms with Crippen LogP contribution in [0.4, 0.5) is 0 Å². The van der Waals surface area contributed by atoms with Crippen molar-refractivity contribution in [2.45, 2.75) is 32.0 Å². The zero-order valence-electron chi connectivity index (χ0n) is 12.5. The number of morpholine rings is 1. The summed E-state index contributed by atoms with van der Waals surface area (Å²) in [6, 6.07) is 9.56. The van der Waals surface area contributed by atoms with Gasteiger partial charge in [0.25, 0.3) is 0 Å². The minimum atomic E-state index is -0.299. The molecule has 0 radical (unpaired) electrons. The van der Waals surface area contributed by atoms with E-state index in [2.05, 4.69) is 15.9 Å². The molecule has 116 valence electrons. The summed E-state index contributed by atoms with van der Waals surface area (Å²) in [5, 5.41) is 0.737. The van der Waals surface area contributed by atoms with Gasteiger partial charge in [-0.1, -0.05) is 34.1 Å². The molecule has 1 atom stereocenters. The number of halogens is 1. The van der Waals surface area contributed by atoms with Gasteiger partial charge in [-0.3, -0.25) is 4.79 Å². The summed E-state index contributed by atoms with van der Waals surface area (Å²) in [6.45, 7) is 5.70. The van der Waals surface area contributed by atoms with Crippen LogP contribution in [0.2, 0.25) is 0 Å². The molecule has 0 aliphatic carbocycles. The normalized spacial score (nSPS) is 21.1. The van der Waals surface area contributed by atoms with E-state index >= 15 is 0 Å². The van der Waals surface area contributed by atoms with E-state index in [1.165, 1.54) is 0 Å². The molecule has 1 amide bonds. The minimum Gasteiger partial charge on any atom is -0.493 e. The quantitative estimate of drug-likeness (QED) is 0.762. The number of alkyl halides is 1. The molecule has 0 saturated carbocycles. The third kappa shape index (κ3) is 5.00. The molecular formula is C16H22BrNO3. The smallest absolute Gasteiger partial charge is 0.226 e. The molecule has 1 heterocycles. The maximum absolute atomic E-state index is 12.3. The average molecular weight is 356 g/mol. The molecule has 0 spiro atoms. The maximum atomic E-state index is 12.3. The summed E-state index contributed by atoms with van der Waals surface area (Å²) in [7, 11) is 0. The van der Waals surface area contributed by atoms with Crippen LogP contribution in [0.5, 0.6) is 5.75 Å². The Hall–Kier alpha value is -1.07. The van der Waals surface area contributed by atoms with Gasteiger partial charge in [-0.25, -0.2) is 0 Å². The number of carbonyl (C=O) groups is 1. The molecular weight excluding hydrogens is 334 g/mol. The molecule has 1 aliphatic heterocycles. The van der Waals surface area contributed by atoms with E-state index in [0.29, 0.717) is 26.1 Å². The number of amides is 1. The first kappa shape index (κ1) is 16.3. The standard InChI is InChI=1S/C16H22BrNO3/c1-16(2)12-18(11-14(10-17)21-16)15(19)8-9-20-13-6-4-3-5-7-13/h3-7,14H,8-12H2,1-2H3. The highest BCUT2D eigenvalue weighted by atomic mass is 79.9. The largest absolute Gasteiger partial charge is 0.493 e. The Kier molecular flexibility index (Phi) is 5.65. The Morgan fingerprint density at radius 2 is 2.14 bits per heavy atom. The van der Waals surface area contributed by atoms with Crippen LogP contribution in [0.3, 0.4) is 0 Å². The van der Waals surface area contributed by atoms with Gasteiger partial charge in [-0.2, -0.15) is 0 Å². The molecule has 0 N–H and O–H groups in total. The molecule has 0 aromatic heterocycles. The van der Waals surface area contributed by atoms with Crippen LogP contribution in [0.25, 0.3) is 0 Å². The molecule has 1 saturated heterocycles. The highest BCUT2D eigenvalue weighted by Gasteiger charge is 2.34. The summed E-state index contributed by atoms with van der Waals surface area (Å²) >= 11 is 3.43. The fraction of sp³-hybridized carbons (Fsp3) is 0.562. The highest BCUT2D eigenvalue weighted by Crippen LogP contribution is 2.22. The predicted octanol–water partition coefficient (Wildman–Crippen LogP) is 2.86. The Bertz CT molecular complexity index is 464. The van der Waals surface area contributed by atoms with Gasteiger partial charge in [-0.15, -0.1) is 0 Å². The average Bonchev–Trinajstić information content (AvgIpc) is 2.46. The second-order valence-electron chi connectivity index (χ2n) is 5.84. The molecule has 1 fully saturated rings. The van der Waals surface area contributed by atoms with Gasteiger partial charge in [0.2, 0.25) is 5.91 Å². The van der Waals surface area contributed by atoms with E-state index in [0.717, 1.165) is 11.1 Å². The van der Waals surface area contributed by atoms with Crippen LogP contribution in [0.1, 0.15) is 20.3 Å². The fourth-order valence-corrected chi connectivity index (χ4v) is 2.83. The van der Waals surface area contributed by atoms with E-state index in [1.807, 2.05) is 49.1 Å². The van der Waals surface area contributed by atoms with Crippen molar-refractivity contribution in [2.24, 2.45) is 0 Å². The first-order valence-corrected chi connectivity index (χ1v) is 8.32. The lowest BCUT2D eigenvalue weighted by atomic mass is 10.1. The lowest BCUT2D eigenvalue weighted by molar-refractivity contribution is -0.157. The van der Waals surface area contributed by atoms with Gasteiger partial charge >= 0.3 is 0 Å². The van der Waals surface area contributed by atoms with E-state index in [4.69, 9.17) is 9.47 Å². The third-order valence-corrected chi connectivity index (χ3v) is 4.06. The number of ether oxygens (including phenoxy) is 2. The van der Waals surface area contributed by atoms with E-state index in [-0.39, 0.29) is 17.6 Å². The molecule has 2 rings (SSSR count). The lowest BCUT2D eigenvalue weighted by Crippen LogP contribution is -2.55. The summed E-state index contributed by atoms with van der Waals surface area (Å²) in [5.41, 5.74) is -0.299. The Balaban J connectivity index is 1.82. The van der Waals surface area contributed by atoms with Crippen molar-refractivity contribution in [3.8, 4) is 5.75 Å². The second kappa shape index (κ2) is 7.27. The molecule has 5 heteroatoms. The molecule has 4 nitrogen and oxygen atoms in total. The Morgan fingerprint density at radius 3 is 2.81 bits per heavy atom. The van der Waals surface area contributed by atoms with Crippen LogP contribution in [-0.2, 0) is 9.53 Å². The molecule has 1 aromatic rings. The number of carbonyl (C=O) groups excluding carboxylic acids is 1. The first-order valence-electron chi connectivity index (χ1n) is 7.19. The van der Waals surface area contributed by atoms with Gasteiger partial charge in [-0.05, 0) is 26.0 Å². The van der Waals surface area contributed by atoms with Crippen LogP contribution in [-0.4, -0.2) is 47.5 Å². The van der Waals surface area contributed by atoms with Crippen molar-refractivity contribution in [1.29, 1.82) is 0 Å². The van der Waals surface area contributed by atoms with Gasteiger partial charge in [0.05, 0.1) is 24.7 Å². The lowest BCUT2D eigenvalue weighted by Gasteiger charge is -2.42. The van der Waals surface area contributed by atoms with Gasteiger partial charge in [0, 0.05) is 18.4 Å². The van der Waals surface area contributed by atoms with Gasteiger partial charge in [0.15, 0.2) is 0 Å². The second-order valence-corrected chi connectivity index (χ2v) is 6.49. The molecule has 21 heavy (non-hydrogen) atoms. The highest BCUT2D eigenvalue weighted by molar-refractivity contribution is 9.09. The molecule has 1 aromatic carbocycles. The summed E-state index contributed by atoms with van der Waals surface area (Å²) < 4.78 is 11.5. The van der Waals surface area contributed by atoms with Crippen LogP contribution < -0.4 is 4.74 Å². The molecule has 0 bridgehead atoms. The van der Waals surface area contributed by atoms with Crippen molar-refractivity contribution < 1.29 is 14.3 Å². The zero-order chi connectivity index (χ0) is 15.3. The number of benzene rings is 1. The van der Waals surface area contributed by atoms with E-state index in [1.54, 1.807) is 0 Å². The SMILES string of the molecule is CC1(C)CN(C(=O)CCOc2ccccc2)CC(CBr)O1. The van der Waals surface area contributed by atoms with Crippen molar-refractivity contribution in [1.82, 2.24) is 4.90 Å². The minimum absolute atomic E-state index is 0.0488. The number of rotatable bonds is 5. The van der Waals surface area contributed by atoms with Crippen molar-refractivity contribution in [3.63, 3.8) is 0 Å². The van der Waals surface area contributed by atoms with Crippen LogP contribution in [0.15, 0.2) is 30.3 Å². The van der Waals surface area contributed by atoms with Crippen molar-refractivity contribution in [2.75, 3.05) is 25.0 Å². The first-order chi connectivity index (χ1) is 10.00. The summed E-state index contributed by atoms with van der Waals surface area (Å²) in [6.07, 6.45) is 0.438. The number of nitrogens with zero attached hydrogens (tertiary/aromatic N) is 1. The molecule has 1 aliphatic rings. The monoisotopic (exact) mass is 355 g/mol. The zero-order valence-corrected chi connectivity index (χ0v) is 14.1. The van der Waals surface area contributed by atoms with E-state index in [9.17, 15) is 4.79 Å². The summed E-state index contributed by atoms with van der Waals surface area (Å²) in [4.78, 5) is 14.2. The topological polar surface area (TPSA) is 38.8 Å². The maximum Gasteiger partial charge on any atom is 0.226 e. The predicted molar refractivity (Wildman–Crippen MR) is 85.9 cm³/mol. The van der Waals surface area contributed by atoms with Crippen LogP contribution >= 0.6 is 15.9 Å². The third-order valence-electron chi connectivity index (χ3n) is 3.33.